The molecule has 1 amide bonds. The number of carbonyl (C=O) groups is 2. The zero-order valence-electron chi connectivity index (χ0n) is 17.2. The second kappa shape index (κ2) is 9.94. The van der Waals surface area contributed by atoms with E-state index in [-0.39, 0.29) is 24.2 Å². The molecule has 2 fully saturated rings. The molecule has 0 aromatic carbocycles. The van der Waals surface area contributed by atoms with Gasteiger partial charge in [-0.15, -0.1) is 0 Å². The van der Waals surface area contributed by atoms with Gasteiger partial charge in [0.25, 0.3) is 5.91 Å². The van der Waals surface area contributed by atoms with E-state index < -0.39 is 12.1 Å². The average molecular weight is 453 g/mol. The van der Waals surface area contributed by atoms with Gasteiger partial charge in [-0.3, -0.25) is 9.78 Å². The van der Waals surface area contributed by atoms with Crippen LogP contribution in [0.15, 0.2) is 42.9 Å². The van der Waals surface area contributed by atoms with E-state index in [1.807, 2.05) is 36.1 Å². The van der Waals surface area contributed by atoms with Crippen LogP contribution in [0.1, 0.15) is 28.8 Å². The first-order chi connectivity index (χ1) is 15.2. The van der Waals surface area contributed by atoms with Gasteiger partial charge in [0.05, 0.1) is 18.2 Å². The molecule has 32 heavy (non-hydrogen) atoms. The van der Waals surface area contributed by atoms with Crippen molar-refractivity contribution in [1.82, 2.24) is 14.9 Å². The van der Waals surface area contributed by atoms with Crippen molar-refractivity contribution in [2.24, 2.45) is 0 Å². The van der Waals surface area contributed by atoms with Crippen LogP contribution in [0.2, 0.25) is 0 Å². The van der Waals surface area contributed by atoms with E-state index in [1.165, 1.54) is 0 Å². The van der Waals surface area contributed by atoms with E-state index in [9.17, 15) is 18.0 Å². The molecule has 0 aliphatic carbocycles. The smallest absolute Gasteiger partial charge is 0.475 e. The van der Waals surface area contributed by atoms with Crippen molar-refractivity contribution in [3.8, 4) is 5.88 Å². The number of alkyl halides is 3. The first kappa shape index (κ1) is 23.5. The summed E-state index contributed by atoms with van der Waals surface area (Å²) in [6.45, 7) is 3.14. The van der Waals surface area contributed by atoms with Crippen molar-refractivity contribution >= 4 is 11.9 Å². The monoisotopic (exact) mass is 453 g/mol. The number of ether oxygens (including phenoxy) is 2. The fourth-order valence-corrected chi connectivity index (χ4v) is 3.66. The number of carboxylic acids is 1. The summed E-state index contributed by atoms with van der Waals surface area (Å²) in [4.78, 5) is 32.2. The number of aryl methyl sites for hydroxylation is 1. The Kier molecular flexibility index (Phi) is 7.29. The summed E-state index contributed by atoms with van der Waals surface area (Å²) in [7, 11) is 0. The van der Waals surface area contributed by atoms with Gasteiger partial charge >= 0.3 is 12.1 Å². The van der Waals surface area contributed by atoms with Crippen LogP contribution >= 0.6 is 0 Å². The van der Waals surface area contributed by atoms with Crippen LogP contribution in [-0.2, 0) is 9.53 Å². The second-order valence-electron chi connectivity index (χ2n) is 7.38. The minimum absolute atomic E-state index is 0.0104. The van der Waals surface area contributed by atoms with Crippen LogP contribution in [0.3, 0.4) is 0 Å². The Hall–Kier alpha value is -3.21. The van der Waals surface area contributed by atoms with Crippen LogP contribution in [0.25, 0.3) is 0 Å². The quantitative estimate of drug-likeness (QED) is 0.763. The molecular weight excluding hydrogens is 431 g/mol. The molecule has 11 heteroatoms. The van der Waals surface area contributed by atoms with Gasteiger partial charge in [-0.2, -0.15) is 13.2 Å². The first-order valence-electron chi connectivity index (χ1n) is 9.89. The first-order valence-corrected chi connectivity index (χ1v) is 9.89. The topological polar surface area (TPSA) is 102 Å². The van der Waals surface area contributed by atoms with Crippen molar-refractivity contribution in [1.29, 1.82) is 0 Å². The summed E-state index contributed by atoms with van der Waals surface area (Å²) >= 11 is 0. The Bertz CT molecular complexity index is 942. The average Bonchev–Trinajstić information content (AvgIpc) is 3.12. The number of fused-ring (bicyclic) bond motifs is 1. The van der Waals surface area contributed by atoms with Crippen molar-refractivity contribution in [2.45, 2.75) is 44.2 Å². The van der Waals surface area contributed by atoms with E-state index >= 15 is 0 Å². The number of halogens is 3. The fourth-order valence-electron chi connectivity index (χ4n) is 3.66. The largest absolute Gasteiger partial charge is 0.490 e. The number of rotatable bonds is 3. The number of hydrogen-bond acceptors (Lipinski definition) is 6. The highest BCUT2D eigenvalue weighted by molar-refractivity contribution is 5.94. The number of likely N-dealkylation sites (tertiary alicyclic amines) is 1. The lowest BCUT2D eigenvalue weighted by Gasteiger charge is -2.32. The number of carboxylic acid groups (broad SMARTS) is 1. The molecule has 0 spiro atoms. The maximum atomic E-state index is 13.0. The Labute approximate surface area is 182 Å². The summed E-state index contributed by atoms with van der Waals surface area (Å²) in [5, 5.41) is 7.12. The van der Waals surface area contributed by atoms with Gasteiger partial charge in [-0.25, -0.2) is 9.78 Å². The molecule has 0 unspecified atom stereocenters. The van der Waals surface area contributed by atoms with E-state index in [2.05, 4.69) is 9.97 Å². The molecule has 0 saturated carbocycles. The predicted octanol–water partition coefficient (Wildman–Crippen LogP) is 2.87. The summed E-state index contributed by atoms with van der Waals surface area (Å²) < 4.78 is 43.7. The molecule has 8 nitrogen and oxygen atoms in total. The molecule has 0 radical (unpaired) electrons. The van der Waals surface area contributed by atoms with Crippen molar-refractivity contribution in [2.75, 3.05) is 13.2 Å². The van der Waals surface area contributed by atoms with Crippen molar-refractivity contribution < 1.29 is 37.3 Å². The fraction of sp³-hybridized carbons (Fsp3) is 0.429. The van der Waals surface area contributed by atoms with Gasteiger partial charge in [0.2, 0.25) is 5.88 Å². The standard InChI is InChI=1S/C19H21N3O3.C2HF3O2/c1-13-9-14(11-20-10-13)19(23)22-12-16(18-15(22)5-4-8-24-18)25-17-6-2-3-7-21-17;3-2(4,5)1(6)7/h2-3,6-7,9-11,15-16,18H,4-5,8,12H2,1H3;(H,6,7)/t15-,16+,18+;/m1./s1. The Morgan fingerprint density at radius 2 is 2.03 bits per heavy atom. The van der Waals surface area contributed by atoms with E-state index in [4.69, 9.17) is 19.4 Å². The normalized spacial score (nSPS) is 22.4. The van der Waals surface area contributed by atoms with Gasteiger partial charge in [-0.1, -0.05) is 6.07 Å². The SMILES string of the molecule is Cc1cncc(C(=O)N2C[C@H](Oc3ccccn3)[C@H]3OCCC[C@H]32)c1.O=C(O)C(F)(F)F. The zero-order valence-corrected chi connectivity index (χ0v) is 17.2. The summed E-state index contributed by atoms with van der Waals surface area (Å²) in [6, 6.07) is 7.48. The number of aliphatic carboxylic acids is 1. The van der Waals surface area contributed by atoms with Crippen LogP contribution in [0.5, 0.6) is 5.88 Å². The van der Waals surface area contributed by atoms with Crippen molar-refractivity contribution in [3.05, 3.63) is 54.0 Å². The molecular formula is C21H22F3N3O5. The molecule has 4 rings (SSSR count). The maximum Gasteiger partial charge on any atom is 0.490 e. The number of hydrogen-bond donors (Lipinski definition) is 1. The zero-order chi connectivity index (χ0) is 23.3. The summed E-state index contributed by atoms with van der Waals surface area (Å²) in [5.41, 5.74) is 1.59. The number of carbonyl (C=O) groups excluding carboxylic acids is 1. The summed E-state index contributed by atoms with van der Waals surface area (Å²) in [6.07, 6.45) is 1.55. The lowest BCUT2D eigenvalue weighted by Crippen LogP contribution is -2.44. The number of nitrogens with zero attached hydrogens (tertiary/aromatic N) is 3. The lowest BCUT2D eigenvalue weighted by atomic mass is 10.0. The van der Waals surface area contributed by atoms with Gasteiger partial charge in [0, 0.05) is 31.3 Å². The van der Waals surface area contributed by atoms with E-state index in [0.29, 0.717) is 24.6 Å². The lowest BCUT2D eigenvalue weighted by molar-refractivity contribution is -0.192. The Morgan fingerprint density at radius 1 is 1.28 bits per heavy atom. The van der Waals surface area contributed by atoms with E-state index in [1.54, 1.807) is 18.6 Å². The molecule has 2 aliphatic rings. The maximum absolute atomic E-state index is 13.0. The molecule has 4 heterocycles. The molecule has 3 atom stereocenters. The van der Waals surface area contributed by atoms with Gasteiger partial charge in [0.1, 0.15) is 12.2 Å². The summed E-state index contributed by atoms with van der Waals surface area (Å²) in [5.74, 6) is -2.21. The third-order valence-corrected chi connectivity index (χ3v) is 5.01. The highest BCUT2D eigenvalue weighted by Gasteiger charge is 2.47. The van der Waals surface area contributed by atoms with Crippen LogP contribution < -0.4 is 4.74 Å². The number of amides is 1. The van der Waals surface area contributed by atoms with Crippen molar-refractivity contribution in [3.63, 3.8) is 0 Å². The third kappa shape index (κ3) is 5.72. The molecule has 0 bridgehead atoms. The molecule has 2 aromatic heterocycles. The van der Waals surface area contributed by atoms with Gasteiger partial charge < -0.3 is 19.5 Å². The van der Waals surface area contributed by atoms with E-state index in [0.717, 1.165) is 18.4 Å². The highest BCUT2D eigenvalue weighted by atomic mass is 19.4. The minimum Gasteiger partial charge on any atom is -0.475 e. The molecule has 1 N–H and O–H groups in total. The van der Waals surface area contributed by atoms with Gasteiger partial charge in [-0.05, 0) is 37.5 Å². The van der Waals surface area contributed by atoms with Crippen LogP contribution in [-0.4, -0.2) is 69.4 Å². The number of pyridine rings is 2. The molecule has 172 valence electrons. The van der Waals surface area contributed by atoms with Crippen LogP contribution in [0.4, 0.5) is 13.2 Å². The minimum atomic E-state index is -5.08. The third-order valence-electron chi connectivity index (χ3n) is 5.01. The highest BCUT2D eigenvalue weighted by Crippen LogP contribution is 2.32. The Morgan fingerprint density at radius 3 is 2.66 bits per heavy atom. The number of aromatic nitrogens is 2. The molecule has 2 saturated heterocycles. The molecule has 2 aliphatic heterocycles. The molecule has 2 aromatic rings. The van der Waals surface area contributed by atoms with Gasteiger partial charge in [0.15, 0.2) is 0 Å². The second-order valence-corrected chi connectivity index (χ2v) is 7.38. The predicted molar refractivity (Wildman–Crippen MR) is 105 cm³/mol. The Balaban J connectivity index is 0.000000360. The van der Waals surface area contributed by atoms with Crippen LogP contribution in [0, 0.1) is 6.92 Å².